The molecule has 10 heavy (non-hydrogen) atoms. The molecule has 1 atom stereocenters. The molecule has 1 aliphatic heterocycles. The molecule has 0 radical (unpaired) electrons. The Labute approximate surface area is 59.6 Å². The van der Waals surface area contributed by atoms with Crippen molar-refractivity contribution in [1.29, 1.82) is 0 Å². The van der Waals surface area contributed by atoms with E-state index in [9.17, 15) is 0 Å². The van der Waals surface area contributed by atoms with Crippen molar-refractivity contribution in [2.24, 2.45) is 0 Å². The number of rotatable bonds is 0. The summed E-state index contributed by atoms with van der Waals surface area (Å²) < 4.78 is 7.53. The van der Waals surface area contributed by atoms with Gasteiger partial charge in [0.25, 0.3) is 0 Å². The van der Waals surface area contributed by atoms with Gasteiger partial charge >= 0.3 is 0 Å². The first-order chi connectivity index (χ1) is 4.86. The van der Waals surface area contributed by atoms with Gasteiger partial charge in [-0.1, -0.05) is 0 Å². The van der Waals surface area contributed by atoms with E-state index >= 15 is 0 Å². The van der Waals surface area contributed by atoms with E-state index in [4.69, 9.17) is 4.74 Å². The van der Waals surface area contributed by atoms with Crippen LogP contribution in [0.5, 0.6) is 0 Å². The molecule has 0 N–H and O–H groups in total. The molecule has 1 aromatic rings. The van der Waals surface area contributed by atoms with Crippen LogP contribution in [0.2, 0.25) is 0 Å². The predicted octanol–water partition coefficient (Wildman–Crippen LogP) is 0.802. The Balaban J connectivity index is 2.30. The number of aromatic nitrogens is 2. The highest BCUT2D eigenvalue weighted by molar-refractivity contribution is 4.98. The fraction of sp³-hybridized carbons (Fsp3) is 0.571. The van der Waals surface area contributed by atoms with Crippen LogP contribution in [-0.4, -0.2) is 15.7 Å². The summed E-state index contributed by atoms with van der Waals surface area (Å²) in [6.45, 7) is 3.72. The normalized spacial score (nSPS) is 24.3. The number of imidazole rings is 1. The van der Waals surface area contributed by atoms with Gasteiger partial charge < -0.3 is 9.30 Å². The fourth-order valence-electron chi connectivity index (χ4n) is 1.19. The molecule has 0 saturated heterocycles. The van der Waals surface area contributed by atoms with Crippen LogP contribution in [0.15, 0.2) is 12.5 Å². The number of hydrogen-bond donors (Lipinski definition) is 0. The Hall–Kier alpha value is -0.830. The van der Waals surface area contributed by atoms with Gasteiger partial charge in [0.15, 0.2) is 0 Å². The summed E-state index contributed by atoms with van der Waals surface area (Å²) >= 11 is 0. The Bertz CT molecular complexity index is 231. The van der Waals surface area contributed by atoms with Crippen LogP contribution in [0.4, 0.5) is 0 Å². The summed E-state index contributed by atoms with van der Waals surface area (Å²) in [7, 11) is 0. The molecule has 2 rings (SSSR count). The standard InChI is InChI=1S/C7H10N2O/c1-6-3-9-5-8-2-7(9)4-10-6/h2,5-6H,3-4H2,1H3. The largest absolute Gasteiger partial charge is 0.370 e. The van der Waals surface area contributed by atoms with Crippen molar-refractivity contribution in [2.75, 3.05) is 0 Å². The number of nitrogens with zero attached hydrogens (tertiary/aromatic N) is 2. The quantitative estimate of drug-likeness (QED) is 0.530. The summed E-state index contributed by atoms with van der Waals surface area (Å²) in [6.07, 6.45) is 4.04. The van der Waals surface area contributed by atoms with Gasteiger partial charge in [-0.25, -0.2) is 4.98 Å². The molecule has 2 heterocycles. The van der Waals surface area contributed by atoms with Crippen molar-refractivity contribution in [2.45, 2.75) is 26.2 Å². The van der Waals surface area contributed by atoms with E-state index in [0.717, 1.165) is 6.54 Å². The van der Waals surface area contributed by atoms with Crippen LogP contribution >= 0.6 is 0 Å². The zero-order valence-electron chi connectivity index (χ0n) is 5.95. The molecule has 1 aliphatic rings. The first-order valence-corrected chi connectivity index (χ1v) is 3.47. The fourth-order valence-corrected chi connectivity index (χ4v) is 1.19. The molecule has 1 unspecified atom stereocenters. The van der Waals surface area contributed by atoms with Gasteiger partial charge in [-0.3, -0.25) is 0 Å². The average molecular weight is 138 g/mol. The highest BCUT2D eigenvalue weighted by atomic mass is 16.5. The molecular weight excluding hydrogens is 128 g/mol. The third-order valence-corrected chi connectivity index (χ3v) is 1.77. The van der Waals surface area contributed by atoms with Crippen LogP contribution in [0.25, 0.3) is 0 Å². The average Bonchev–Trinajstić information content (AvgIpc) is 2.33. The van der Waals surface area contributed by atoms with E-state index < -0.39 is 0 Å². The van der Waals surface area contributed by atoms with Crippen molar-refractivity contribution in [3.05, 3.63) is 18.2 Å². The second-order valence-corrected chi connectivity index (χ2v) is 2.66. The lowest BCUT2D eigenvalue weighted by Crippen LogP contribution is -2.23. The molecule has 0 aliphatic carbocycles. The maximum atomic E-state index is 5.40. The van der Waals surface area contributed by atoms with Crippen molar-refractivity contribution in [1.82, 2.24) is 9.55 Å². The van der Waals surface area contributed by atoms with E-state index in [0.29, 0.717) is 12.7 Å². The third-order valence-electron chi connectivity index (χ3n) is 1.77. The topological polar surface area (TPSA) is 27.1 Å². The summed E-state index contributed by atoms with van der Waals surface area (Å²) in [5.74, 6) is 0. The van der Waals surface area contributed by atoms with Crippen LogP contribution < -0.4 is 0 Å². The molecule has 3 heteroatoms. The lowest BCUT2D eigenvalue weighted by molar-refractivity contribution is 0.0167. The molecule has 0 fully saturated rings. The molecule has 0 bridgehead atoms. The van der Waals surface area contributed by atoms with Gasteiger partial charge in [0.05, 0.1) is 30.9 Å². The van der Waals surface area contributed by atoms with Crippen LogP contribution in [0, 0.1) is 0 Å². The number of hydrogen-bond acceptors (Lipinski definition) is 2. The minimum atomic E-state index is 0.335. The Morgan fingerprint density at radius 1 is 1.80 bits per heavy atom. The summed E-state index contributed by atoms with van der Waals surface area (Å²) in [5.41, 5.74) is 1.18. The molecule has 0 amide bonds. The zero-order chi connectivity index (χ0) is 6.97. The van der Waals surface area contributed by atoms with Crippen molar-refractivity contribution in [3.8, 4) is 0 Å². The SMILES string of the molecule is CC1Cn2cncc2CO1. The molecule has 0 spiro atoms. The summed E-state index contributed by atoms with van der Waals surface area (Å²) in [6, 6.07) is 0. The van der Waals surface area contributed by atoms with Crippen molar-refractivity contribution >= 4 is 0 Å². The maximum Gasteiger partial charge on any atom is 0.0949 e. The van der Waals surface area contributed by atoms with E-state index in [-0.39, 0.29) is 0 Å². The smallest absolute Gasteiger partial charge is 0.0949 e. The Morgan fingerprint density at radius 3 is 3.60 bits per heavy atom. The van der Waals surface area contributed by atoms with Crippen molar-refractivity contribution in [3.63, 3.8) is 0 Å². The summed E-state index contributed by atoms with van der Waals surface area (Å²) in [4.78, 5) is 4.02. The second-order valence-electron chi connectivity index (χ2n) is 2.66. The molecule has 0 saturated carbocycles. The molecule has 54 valence electrons. The first kappa shape index (κ1) is 5.92. The van der Waals surface area contributed by atoms with Gasteiger partial charge in [0.1, 0.15) is 0 Å². The monoisotopic (exact) mass is 138 g/mol. The number of ether oxygens (including phenoxy) is 1. The van der Waals surface area contributed by atoms with Gasteiger partial charge in [-0.15, -0.1) is 0 Å². The molecule has 1 aromatic heterocycles. The molecule has 0 aromatic carbocycles. The van der Waals surface area contributed by atoms with E-state index in [1.54, 1.807) is 0 Å². The van der Waals surface area contributed by atoms with Crippen molar-refractivity contribution < 1.29 is 4.74 Å². The lowest BCUT2D eigenvalue weighted by atomic mass is 10.3. The van der Waals surface area contributed by atoms with Crippen LogP contribution in [0.1, 0.15) is 12.6 Å². The third kappa shape index (κ3) is 0.827. The first-order valence-electron chi connectivity index (χ1n) is 3.47. The zero-order valence-corrected chi connectivity index (χ0v) is 5.95. The van der Waals surface area contributed by atoms with E-state index in [1.807, 2.05) is 12.5 Å². The van der Waals surface area contributed by atoms with Crippen LogP contribution in [0.3, 0.4) is 0 Å². The summed E-state index contributed by atoms with van der Waals surface area (Å²) in [5, 5.41) is 0. The predicted molar refractivity (Wildman–Crippen MR) is 36.5 cm³/mol. The van der Waals surface area contributed by atoms with Gasteiger partial charge in [0.2, 0.25) is 0 Å². The second kappa shape index (κ2) is 2.09. The highest BCUT2D eigenvalue weighted by Gasteiger charge is 2.13. The lowest BCUT2D eigenvalue weighted by Gasteiger charge is -2.20. The number of fused-ring (bicyclic) bond motifs is 1. The van der Waals surface area contributed by atoms with Gasteiger partial charge in [-0.05, 0) is 6.92 Å². The Kier molecular flexibility index (Phi) is 1.24. The van der Waals surface area contributed by atoms with E-state index in [2.05, 4.69) is 16.5 Å². The minimum absolute atomic E-state index is 0.335. The molecular formula is C7H10N2O. The van der Waals surface area contributed by atoms with Gasteiger partial charge in [0, 0.05) is 6.54 Å². The highest BCUT2D eigenvalue weighted by Crippen LogP contribution is 2.11. The molecule has 3 nitrogen and oxygen atoms in total. The van der Waals surface area contributed by atoms with Crippen LogP contribution in [-0.2, 0) is 17.9 Å². The van der Waals surface area contributed by atoms with Gasteiger partial charge in [-0.2, -0.15) is 0 Å². The minimum Gasteiger partial charge on any atom is -0.370 e. The Morgan fingerprint density at radius 2 is 2.70 bits per heavy atom. The maximum absolute atomic E-state index is 5.40. The van der Waals surface area contributed by atoms with E-state index in [1.165, 1.54) is 5.69 Å².